The topological polar surface area (TPSA) is 259 Å². The molecule has 0 rings (SSSR count). The first-order valence-electron chi connectivity index (χ1n) is 6.50. The van der Waals surface area contributed by atoms with Crippen LogP contribution in [-0.4, -0.2) is 66.3 Å². The Morgan fingerprint density at radius 2 is 0.654 bits per heavy atom. The van der Waals surface area contributed by atoms with E-state index in [0.717, 1.165) is 34.6 Å². The molecule has 0 fully saturated rings. The number of aliphatic hydroxyl groups is 1. The van der Waals surface area contributed by atoms with Crippen LogP contribution in [0, 0.1) is 0 Å². The van der Waals surface area contributed by atoms with Crippen LogP contribution in [0.1, 0.15) is 48.0 Å². The Kier molecular flexibility index (Phi) is 40.3. The van der Waals surface area contributed by atoms with Crippen LogP contribution in [-0.2, 0) is 24.0 Å². The second-order valence-corrected chi connectivity index (χ2v) is 3.94. The highest BCUT2D eigenvalue weighted by atomic mass is 16.4. The third-order valence-electron chi connectivity index (χ3n) is 0.566. The van der Waals surface area contributed by atoms with E-state index in [9.17, 15) is 0 Å². The molecule has 0 aromatic heterocycles. The molecule has 0 aromatic rings. The van der Waals surface area contributed by atoms with Crippen molar-refractivity contribution >= 4 is 29.8 Å². The van der Waals surface area contributed by atoms with E-state index in [1.807, 2.05) is 0 Å². The fraction of sp³-hybridized carbons (Fsp3) is 0.615. The summed E-state index contributed by atoms with van der Waals surface area (Å²) in [5.74, 6) is -5.62. The van der Waals surface area contributed by atoms with Crippen LogP contribution >= 0.6 is 0 Å². The van der Waals surface area contributed by atoms with Gasteiger partial charge in [0.25, 0.3) is 29.8 Å². The van der Waals surface area contributed by atoms with Crippen molar-refractivity contribution in [3.05, 3.63) is 0 Å². The standard InChI is InChI=1S/C3H10N2O.5C2H4O2/c1-2-3(4,5)6;5*1-2(3)4/h6H,2,4-5H2,1H3;5*1H3,(H,3,4). The minimum Gasteiger partial charge on any atom is -0.481 e. The van der Waals surface area contributed by atoms with Crippen molar-refractivity contribution in [2.75, 3.05) is 0 Å². The van der Waals surface area contributed by atoms with Crippen LogP contribution in [0.4, 0.5) is 0 Å². The molecule has 0 aliphatic carbocycles. The number of hydrogen-bond acceptors (Lipinski definition) is 8. The fourth-order valence-electron chi connectivity index (χ4n) is 0. The van der Waals surface area contributed by atoms with E-state index in [1.165, 1.54) is 0 Å². The molecule has 0 atom stereocenters. The van der Waals surface area contributed by atoms with E-state index < -0.39 is 35.7 Å². The van der Waals surface area contributed by atoms with Gasteiger partial charge in [-0.25, -0.2) is 0 Å². The average molecular weight is 390 g/mol. The summed E-state index contributed by atoms with van der Waals surface area (Å²) in [4.78, 5) is 45.0. The minimum atomic E-state index is -1.46. The maximum Gasteiger partial charge on any atom is 0.300 e. The number of nitrogens with two attached hydrogens (primary N) is 2. The van der Waals surface area contributed by atoms with Gasteiger partial charge in [0, 0.05) is 41.0 Å². The van der Waals surface area contributed by atoms with Gasteiger partial charge in [-0.2, -0.15) is 0 Å². The zero-order valence-electron chi connectivity index (χ0n) is 15.6. The van der Waals surface area contributed by atoms with E-state index >= 15 is 0 Å². The van der Waals surface area contributed by atoms with E-state index in [2.05, 4.69) is 0 Å². The molecule has 0 aliphatic heterocycles. The number of aliphatic carboxylic acids is 5. The largest absolute Gasteiger partial charge is 0.481 e. The molecule has 0 heterocycles. The molecule has 0 saturated heterocycles. The van der Waals surface area contributed by atoms with E-state index in [0.29, 0.717) is 6.42 Å². The van der Waals surface area contributed by atoms with Gasteiger partial charge in [0.05, 0.1) is 0 Å². The number of carbonyl (C=O) groups is 5. The maximum absolute atomic E-state index is 9.00. The van der Waals surface area contributed by atoms with Gasteiger partial charge in [-0.3, -0.25) is 35.4 Å². The first kappa shape index (κ1) is 38.7. The van der Waals surface area contributed by atoms with Gasteiger partial charge in [0.15, 0.2) is 5.85 Å². The van der Waals surface area contributed by atoms with Gasteiger partial charge in [-0.1, -0.05) is 6.92 Å². The summed E-state index contributed by atoms with van der Waals surface area (Å²) in [6.45, 7) is 7.12. The zero-order chi connectivity index (χ0) is 23.1. The second-order valence-electron chi connectivity index (χ2n) is 3.94. The Morgan fingerprint density at radius 3 is 0.654 bits per heavy atom. The minimum absolute atomic E-state index is 0.382. The summed E-state index contributed by atoms with van der Waals surface area (Å²) >= 11 is 0. The summed E-state index contributed by atoms with van der Waals surface area (Å²) in [6.07, 6.45) is 0.382. The van der Waals surface area contributed by atoms with E-state index in [1.54, 1.807) is 6.92 Å². The van der Waals surface area contributed by atoms with Gasteiger partial charge < -0.3 is 30.6 Å². The third kappa shape index (κ3) is 164000. The number of carboxylic acid groups (broad SMARTS) is 5. The zero-order valence-corrected chi connectivity index (χ0v) is 15.6. The van der Waals surface area contributed by atoms with Crippen LogP contribution in [0.3, 0.4) is 0 Å². The first-order valence-corrected chi connectivity index (χ1v) is 6.50. The molecule has 0 aromatic carbocycles. The molecule has 0 spiro atoms. The van der Waals surface area contributed by atoms with Crippen molar-refractivity contribution in [1.29, 1.82) is 0 Å². The highest BCUT2D eigenvalue weighted by molar-refractivity contribution is 5.63. The Hall–Kier alpha value is -2.77. The molecule has 0 radical (unpaired) electrons. The molecular formula is C13H30N2O11. The lowest BCUT2D eigenvalue weighted by Crippen LogP contribution is -2.48. The molecular weight excluding hydrogens is 360 g/mol. The summed E-state index contributed by atoms with van der Waals surface area (Å²) in [6, 6.07) is 0. The van der Waals surface area contributed by atoms with Crippen molar-refractivity contribution in [2.24, 2.45) is 11.5 Å². The second kappa shape index (κ2) is 27.1. The Balaban J connectivity index is -0.0000000466. The van der Waals surface area contributed by atoms with Gasteiger partial charge in [-0.15, -0.1) is 0 Å². The summed E-state index contributed by atoms with van der Waals surface area (Å²) < 4.78 is 0. The van der Waals surface area contributed by atoms with Gasteiger partial charge in [-0.05, 0) is 0 Å². The van der Waals surface area contributed by atoms with E-state index in [-0.39, 0.29) is 0 Å². The number of hydrogen-bond donors (Lipinski definition) is 8. The Morgan fingerprint density at radius 1 is 0.615 bits per heavy atom. The van der Waals surface area contributed by atoms with Crippen LogP contribution in [0.15, 0.2) is 0 Å². The summed E-state index contributed by atoms with van der Waals surface area (Å²) in [5, 5.41) is 45.5. The SMILES string of the molecule is CC(=O)O.CC(=O)O.CC(=O)O.CC(=O)O.CC(=O)O.CCC(N)(N)O. The van der Waals surface area contributed by atoms with Crippen LogP contribution in [0.25, 0.3) is 0 Å². The Labute approximate surface area is 150 Å². The number of rotatable bonds is 1. The maximum atomic E-state index is 9.00. The average Bonchev–Trinajstić information content (AvgIpc) is 2.23. The fourth-order valence-corrected chi connectivity index (χ4v) is 0. The molecule has 0 unspecified atom stereocenters. The van der Waals surface area contributed by atoms with Crippen molar-refractivity contribution in [3.8, 4) is 0 Å². The summed E-state index contributed by atoms with van der Waals surface area (Å²) in [5.41, 5.74) is 9.74. The molecule has 0 bridgehead atoms. The third-order valence-corrected chi connectivity index (χ3v) is 0.566. The van der Waals surface area contributed by atoms with E-state index in [4.69, 9.17) is 66.1 Å². The summed E-state index contributed by atoms with van der Waals surface area (Å²) in [7, 11) is 0. The lowest BCUT2D eigenvalue weighted by Gasteiger charge is -2.11. The Bertz CT molecular complexity index is 300. The van der Waals surface area contributed by atoms with Crippen LogP contribution in [0.2, 0.25) is 0 Å². The highest BCUT2D eigenvalue weighted by Gasteiger charge is 2.06. The van der Waals surface area contributed by atoms with Gasteiger partial charge in [0.1, 0.15) is 0 Å². The molecule has 0 saturated carbocycles. The molecule has 0 amide bonds. The van der Waals surface area contributed by atoms with Crippen LogP contribution in [0.5, 0.6) is 0 Å². The van der Waals surface area contributed by atoms with Crippen molar-refractivity contribution < 1.29 is 54.6 Å². The smallest absolute Gasteiger partial charge is 0.300 e. The van der Waals surface area contributed by atoms with Crippen molar-refractivity contribution in [2.45, 2.75) is 53.8 Å². The van der Waals surface area contributed by atoms with Gasteiger partial charge in [0.2, 0.25) is 0 Å². The predicted molar refractivity (Wildman–Crippen MR) is 90.2 cm³/mol. The highest BCUT2D eigenvalue weighted by Crippen LogP contribution is 1.85. The molecule has 158 valence electrons. The van der Waals surface area contributed by atoms with Crippen molar-refractivity contribution in [3.63, 3.8) is 0 Å². The molecule has 0 aliphatic rings. The normalized spacial score (nSPS) is 7.58. The predicted octanol–water partition coefficient (Wildman–Crippen LogP) is -0.586. The lowest BCUT2D eigenvalue weighted by molar-refractivity contribution is -0.135. The van der Waals surface area contributed by atoms with Crippen molar-refractivity contribution in [1.82, 2.24) is 0 Å². The lowest BCUT2D eigenvalue weighted by atomic mass is 10.3. The monoisotopic (exact) mass is 390 g/mol. The first-order chi connectivity index (χ1) is 11.2. The van der Waals surface area contributed by atoms with Crippen LogP contribution < -0.4 is 11.5 Å². The van der Waals surface area contributed by atoms with Gasteiger partial charge >= 0.3 is 0 Å². The molecule has 13 nitrogen and oxygen atoms in total. The molecule has 10 N–H and O–H groups in total. The quantitative estimate of drug-likeness (QED) is 0.261. The number of carboxylic acids is 5. The molecule has 26 heavy (non-hydrogen) atoms. The molecule has 13 heteroatoms.